The third-order valence-electron chi connectivity index (χ3n) is 3.03. The molecule has 0 aromatic heterocycles. The van der Waals surface area contributed by atoms with Crippen molar-refractivity contribution < 1.29 is 4.79 Å². The second-order valence-electron chi connectivity index (χ2n) is 4.94. The van der Waals surface area contributed by atoms with E-state index in [4.69, 9.17) is 0 Å². The van der Waals surface area contributed by atoms with Crippen molar-refractivity contribution in [3.8, 4) is 0 Å². The molecule has 3 nitrogen and oxygen atoms in total. The van der Waals surface area contributed by atoms with E-state index in [1.807, 2.05) is 28.2 Å². The summed E-state index contributed by atoms with van der Waals surface area (Å²) < 4.78 is 0. The Labute approximate surface area is 101 Å². The van der Waals surface area contributed by atoms with Crippen molar-refractivity contribution in [1.82, 2.24) is 9.80 Å². The summed E-state index contributed by atoms with van der Waals surface area (Å²) in [6.07, 6.45) is 4.03. The van der Waals surface area contributed by atoms with Crippen LogP contribution in [0.1, 0.15) is 39.5 Å². The van der Waals surface area contributed by atoms with Gasteiger partial charge >= 0.3 is 0 Å². The van der Waals surface area contributed by atoms with Gasteiger partial charge in [0.25, 0.3) is 0 Å². The summed E-state index contributed by atoms with van der Waals surface area (Å²) in [6.45, 7) is 4.27. The summed E-state index contributed by atoms with van der Waals surface area (Å²) in [5.41, 5.74) is 0. The van der Waals surface area contributed by atoms with E-state index in [9.17, 15) is 4.79 Å². The fourth-order valence-electron chi connectivity index (χ4n) is 2.08. The molecule has 0 radical (unpaired) electrons. The van der Waals surface area contributed by atoms with Gasteiger partial charge in [0, 0.05) is 0 Å². The lowest BCUT2D eigenvalue weighted by atomic mass is 9.96. The van der Waals surface area contributed by atoms with E-state index in [0.29, 0.717) is 5.78 Å². The van der Waals surface area contributed by atoms with Gasteiger partial charge in [-0.05, 0) is 41.0 Å². The molecule has 0 aromatic carbocycles. The number of Topliss-reactive ketones (excluding diaryl/α,β-unsaturated/α-hetero) is 1. The lowest BCUT2D eigenvalue weighted by Gasteiger charge is -2.30. The second-order valence-corrected chi connectivity index (χ2v) is 4.94. The Hall–Kier alpha value is -0.410. The number of carbonyl (C=O) groups is 1. The number of carbonyl (C=O) groups excluding carboxylic acids is 1. The zero-order chi connectivity index (χ0) is 12.7. The van der Waals surface area contributed by atoms with Crippen LogP contribution in [0, 0.1) is 0 Å². The van der Waals surface area contributed by atoms with Gasteiger partial charge in [-0.25, -0.2) is 0 Å². The third kappa shape index (κ3) is 4.62. The van der Waals surface area contributed by atoms with Crippen molar-refractivity contribution in [3.05, 3.63) is 0 Å². The maximum Gasteiger partial charge on any atom is 0.166 e. The minimum absolute atomic E-state index is 0.0731. The van der Waals surface area contributed by atoms with Crippen molar-refractivity contribution in [2.45, 2.75) is 51.6 Å². The highest BCUT2D eigenvalue weighted by atomic mass is 16.1. The highest BCUT2D eigenvalue weighted by molar-refractivity contribution is 5.88. The van der Waals surface area contributed by atoms with Crippen molar-refractivity contribution in [1.29, 1.82) is 0 Å². The zero-order valence-corrected chi connectivity index (χ0v) is 11.8. The number of hydrogen-bond acceptors (Lipinski definition) is 3. The van der Waals surface area contributed by atoms with Gasteiger partial charge in [0.05, 0.1) is 12.1 Å². The molecular weight excluding hydrogens is 200 g/mol. The average Bonchev–Trinajstić information content (AvgIpc) is 2.20. The van der Waals surface area contributed by atoms with Gasteiger partial charge < -0.3 is 0 Å². The smallest absolute Gasteiger partial charge is 0.166 e. The van der Waals surface area contributed by atoms with Crippen molar-refractivity contribution in [3.63, 3.8) is 0 Å². The fourth-order valence-corrected chi connectivity index (χ4v) is 2.08. The highest BCUT2D eigenvalue weighted by Gasteiger charge is 2.28. The van der Waals surface area contributed by atoms with Crippen LogP contribution >= 0.6 is 0 Å². The van der Waals surface area contributed by atoms with Crippen LogP contribution in [0.25, 0.3) is 0 Å². The standard InChI is InChI=1S/C13H28N2O/c1-7-9-11(14(3)4)13(16)12(10-8-2)15(5)6/h11-12H,7-10H2,1-6H3. The molecule has 0 rings (SSSR count). The first kappa shape index (κ1) is 15.6. The molecule has 0 N–H and O–H groups in total. The number of nitrogens with zero attached hydrogens (tertiary/aromatic N) is 2. The summed E-state index contributed by atoms with van der Waals surface area (Å²) in [5.74, 6) is 0.374. The maximum atomic E-state index is 12.4. The van der Waals surface area contributed by atoms with Gasteiger partial charge in [-0.1, -0.05) is 26.7 Å². The predicted molar refractivity (Wildman–Crippen MR) is 69.8 cm³/mol. The third-order valence-corrected chi connectivity index (χ3v) is 3.03. The minimum atomic E-state index is 0.0731. The quantitative estimate of drug-likeness (QED) is 0.635. The summed E-state index contributed by atoms with van der Waals surface area (Å²) in [4.78, 5) is 16.5. The Balaban J connectivity index is 4.66. The zero-order valence-electron chi connectivity index (χ0n) is 11.8. The van der Waals surface area contributed by atoms with E-state index < -0.39 is 0 Å². The molecule has 0 aliphatic heterocycles. The Morgan fingerprint density at radius 2 is 1.19 bits per heavy atom. The second kappa shape index (κ2) is 7.80. The Kier molecular flexibility index (Phi) is 7.60. The highest BCUT2D eigenvalue weighted by Crippen LogP contribution is 2.13. The Bertz CT molecular complexity index is 182. The monoisotopic (exact) mass is 228 g/mol. The fraction of sp³-hybridized carbons (Fsp3) is 0.923. The van der Waals surface area contributed by atoms with Crippen LogP contribution in [0.15, 0.2) is 0 Å². The molecule has 96 valence electrons. The van der Waals surface area contributed by atoms with Gasteiger partial charge in [0.2, 0.25) is 0 Å². The molecule has 0 bridgehead atoms. The number of hydrogen-bond donors (Lipinski definition) is 0. The van der Waals surface area contributed by atoms with E-state index in [2.05, 4.69) is 23.6 Å². The van der Waals surface area contributed by atoms with Crippen LogP contribution in [-0.2, 0) is 4.79 Å². The van der Waals surface area contributed by atoms with Crippen molar-refractivity contribution >= 4 is 5.78 Å². The lowest BCUT2D eigenvalue weighted by molar-refractivity contribution is -0.128. The molecule has 0 aliphatic carbocycles. The molecule has 0 fully saturated rings. The Morgan fingerprint density at radius 3 is 1.38 bits per heavy atom. The van der Waals surface area contributed by atoms with Gasteiger partial charge in [-0.3, -0.25) is 14.6 Å². The van der Waals surface area contributed by atoms with Gasteiger partial charge in [0.1, 0.15) is 0 Å². The maximum absolute atomic E-state index is 12.4. The van der Waals surface area contributed by atoms with Gasteiger partial charge in [0.15, 0.2) is 5.78 Å². The molecule has 0 aliphatic rings. The molecule has 0 heterocycles. The molecule has 2 atom stereocenters. The summed E-state index contributed by atoms with van der Waals surface area (Å²) in [5, 5.41) is 0. The molecular formula is C13H28N2O. The van der Waals surface area contributed by atoms with E-state index >= 15 is 0 Å². The first-order valence-electron chi connectivity index (χ1n) is 6.32. The SMILES string of the molecule is CCCC(C(=O)C(CCC)N(C)C)N(C)C. The van der Waals surface area contributed by atoms with E-state index in [1.54, 1.807) is 0 Å². The van der Waals surface area contributed by atoms with Crippen LogP contribution < -0.4 is 0 Å². The van der Waals surface area contributed by atoms with Crippen LogP contribution in [0.4, 0.5) is 0 Å². The first-order chi connectivity index (χ1) is 7.45. The van der Waals surface area contributed by atoms with E-state index in [-0.39, 0.29) is 12.1 Å². The van der Waals surface area contributed by atoms with E-state index in [0.717, 1.165) is 25.7 Å². The normalized spacial score (nSPS) is 15.5. The van der Waals surface area contributed by atoms with Crippen molar-refractivity contribution in [2.24, 2.45) is 0 Å². The van der Waals surface area contributed by atoms with Crippen molar-refractivity contribution in [2.75, 3.05) is 28.2 Å². The van der Waals surface area contributed by atoms with Crippen LogP contribution in [0.3, 0.4) is 0 Å². The lowest BCUT2D eigenvalue weighted by Crippen LogP contribution is -2.47. The molecule has 0 saturated carbocycles. The van der Waals surface area contributed by atoms with E-state index in [1.165, 1.54) is 0 Å². The van der Waals surface area contributed by atoms with Gasteiger partial charge in [-0.2, -0.15) is 0 Å². The summed E-state index contributed by atoms with van der Waals surface area (Å²) in [6, 6.07) is 0.146. The largest absolute Gasteiger partial charge is 0.300 e. The average molecular weight is 228 g/mol. The Morgan fingerprint density at radius 1 is 0.875 bits per heavy atom. The number of likely N-dealkylation sites (N-methyl/N-ethyl adjacent to an activating group) is 2. The molecule has 0 spiro atoms. The number of ketones is 1. The molecule has 0 aromatic rings. The van der Waals surface area contributed by atoms with Gasteiger partial charge in [-0.15, -0.1) is 0 Å². The predicted octanol–water partition coefficient (Wildman–Crippen LogP) is 2.02. The molecule has 0 saturated heterocycles. The molecule has 16 heavy (non-hydrogen) atoms. The summed E-state index contributed by atoms with van der Waals surface area (Å²) in [7, 11) is 7.99. The topological polar surface area (TPSA) is 23.6 Å². The summed E-state index contributed by atoms with van der Waals surface area (Å²) >= 11 is 0. The molecule has 2 unspecified atom stereocenters. The van der Waals surface area contributed by atoms with Crippen LogP contribution in [0.5, 0.6) is 0 Å². The molecule has 3 heteroatoms. The molecule has 0 amide bonds. The van der Waals surface area contributed by atoms with Crippen LogP contribution in [0.2, 0.25) is 0 Å². The van der Waals surface area contributed by atoms with Crippen LogP contribution in [-0.4, -0.2) is 55.9 Å². The number of rotatable bonds is 8. The minimum Gasteiger partial charge on any atom is -0.300 e. The first-order valence-corrected chi connectivity index (χ1v) is 6.32.